The maximum Gasteiger partial charge on any atom is 0.264 e. The first-order valence-corrected chi connectivity index (χ1v) is 14.3. The minimum absolute atomic E-state index is 0.00221. The van der Waals surface area contributed by atoms with Crippen LogP contribution in [0.5, 0.6) is 0 Å². The Kier molecular flexibility index (Phi) is 9.50. The summed E-state index contributed by atoms with van der Waals surface area (Å²) >= 11 is 0. The van der Waals surface area contributed by atoms with Crippen molar-refractivity contribution in [1.29, 1.82) is 0 Å². The normalized spacial score (nSPS) is 12.5. The Bertz CT molecular complexity index is 1390. The molecule has 208 valence electrons. The van der Waals surface area contributed by atoms with Gasteiger partial charge in [0.05, 0.1) is 10.6 Å². The van der Waals surface area contributed by atoms with Crippen molar-refractivity contribution in [3.8, 4) is 0 Å². The smallest absolute Gasteiger partial charge is 0.264 e. The van der Waals surface area contributed by atoms with Crippen LogP contribution in [-0.2, 0) is 26.2 Å². The van der Waals surface area contributed by atoms with Crippen LogP contribution in [0.3, 0.4) is 0 Å². The van der Waals surface area contributed by atoms with Gasteiger partial charge in [0.1, 0.15) is 18.4 Å². The Hall–Kier alpha value is -3.72. The van der Waals surface area contributed by atoms with Crippen molar-refractivity contribution in [3.05, 3.63) is 95.8 Å². The summed E-state index contributed by atoms with van der Waals surface area (Å²) in [5.41, 5.74) is 1.23. The number of carbonyl (C=O) groups is 2. The minimum atomic E-state index is -4.12. The molecule has 0 saturated carbocycles. The van der Waals surface area contributed by atoms with Gasteiger partial charge in [0, 0.05) is 12.1 Å². The summed E-state index contributed by atoms with van der Waals surface area (Å²) < 4.78 is 42.2. The van der Waals surface area contributed by atoms with E-state index in [9.17, 15) is 22.4 Å². The fourth-order valence-corrected chi connectivity index (χ4v) is 5.62. The van der Waals surface area contributed by atoms with Gasteiger partial charge in [0.2, 0.25) is 11.8 Å². The van der Waals surface area contributed by atoms with E-state index >= 15 is 0 Å². The molecular formula is C30H36FN3O4S. The lowest BCUT2D eigenvalue weighted by atomic mass is 10.1. The van der Waals surface area contributed by atoms with Crippen molar-refractivity contribution in [1.82, 2.24) is 10.2 Å². The molecule has 0 fully saturated rings. The Morgan fingerprint density at radius 3 is 2.15 bits per heavy atom. The lowest BCUT2D eigenvalue weighted by Crippen LogP contribution is -2.55. The Morgan fingerprint density at radius 1 is 0.949 bits per heavy atom. The molecule has 9 heteroatoms. The van der Waals surface area contributed by atoms with Crippen LogP contribution in [0.15, 0.2) is 83.8 Å². The van der Waals surface area contributed by atoms with E-state index in [1.54, 1.807) is 55.5 Å². The zero-order chi connectivity index (χ0) is 28.8. The fourth-order valence-electron chi connectivity index (χ4n) is 4.19. The molecule has 0 heterocycles. The standard InChI is InChI=1S/C30H36FN3O4S/c1-6-27(29(36)32-30(3,4)5)33(20-23-15-17-24(31)18-16-23)28(35)21-34(25-12-10-11-22(2)19-25)39(37,38)26-13-8-7-9-14-26/h7-19,27H,6,20-21H2,1-5H3,(H,32,36)/t27-/m1/s1. The van der Waals surface area contributed by atoms with Crippen molar-refractivity contribution in [3.63, 3.8) is 0 Å². The summed E-state index contributed by atoms with van der Waals surface area (Å²) in [4.78, 5) is 28.7. The van der Waals surface area contributed by atoms with E-state index in [-0.39, 0.29) is 17.3 Å². The molecule has 0 aliphatic carbocycles. The van der Waals surface area contributed by atoms with Gasteiger partial charge in [0.25, 0.3) is 10.0 Å². The number of amides is 2. The highest BCUT2D eigenvalue weighted by molar-refractivity contribution is 7.92. The Labute approximate surface area is 230 Å². The lowest BCUT2D eigenvalue weighted by Gasteiger charge is -2.34. The number of sulfonamides is 1. The van der Waals surface area contributed by atoms with Gasteiger partial charge in [-0.1, -0.05) is 49.4 Å². The molecule has 1 N–H and O–H groups in total. The molecule has 0 unspecified atom stereocenters. The molecule has 0 aliphatic rings. The van der Waals surface area contributed by atoms with Crippen molar-refractivity contribution in [2.24, 2.45) is 0 Å². The number of nitrogens with one attached hydrogen (secondary N) is 1. The maximum absolute atomic E-state index is 14.0. The summed E-state index contributed by atoms with van der Waals surface area (Å²) in [6.07, 6.45) is 0.296. The number of nitrogens with zero attached hydrogens (tertiary/aromatic N) is 2. The van der Waals surface area contributed by atoms with Crippen LogP contribution in [-0.4, -0.2) is 43.3 Å². The Morgan fingerprint density at radius 2 is 1.59 bits per heavy atom. The number of hydrogen-bond acceptors (Lipinski definition) is 4. The molecule has 0 aliphatic heterocycles. The van der Waals surface area contributed by atoms with Crippen LogP contribution >= 0.6 is 0 Å². The van der Waals surface area contributed by atoms with Crippen molar-refractivity contribution in [2.75, 3.05) is 10.8 Å². The molecule has 39 heavy (non-hydrogen) atoms. The van der Waals surface area contributed by atoms with Crippen LogP contribution in [0.1, 0.15) is 45.2 Å². The number of hydrogen-bond donors (Lipinski definition) is 1. The number of rotatable bonds is 10. The third kappa shape index (κ3) is 7.89. The van der Waals surface area contributed by atoms with Gasteiger partial charge >= 0.3 is 0 Å². The first-order chi connectivity index (χ1) is 18.3. The average Bonchev–Trinajstić information content (AvgIpc) is 2.87. The average molecular weight is 554 g/mol. The monoisotopic (exact) mass is 553 g/mol. The summed E-state index contributed by atoms with van der Waals surface area (Å²) in [6, 6.07) is 19.6. The molecule has 7 nitrogen and oxygen atoms in total. The van der Waals surface area contributed by atoms with Crippen LogP contribution in [0.2, 0.25) is 0 Å². The van der Waals surface area contributed by atoms with Crippen LogP contribution in [0.25, 0.3) is 0 Å². The van der Waals surface area contributed by atoms with Crippen LogP contribution < -0.4 is 9.62 Å². The second-order valence-corrected chi connectivity index (χ2v) is 12.3. The van der Waals surface area contributed by atoms with Gasteiger partial charge in [-0.05, 0) is 81.6 Å². The molecule has 0 aromatic heterocycles. The number of benzene rings is 3. The lowest BCUT2D eigenvalue weighted by molar-refractivity contribution is -0.141. The topological polar surface area (TPSA) is 86.8 Å². The molecule has 3 rings (SSSR count). The first kappa shape index (κ1) is 29.8. The van der Waals surface area contributed by atoms with E-state index in [2.05, 4.69) is 5.32 Å². The zero-order valence-corrected chi connectivity index (χ0v) is 23.8. The SMILES string of the molecule is CC[C@H](C(=O)NC(C)(C)C)N(Cc1ccc(F)cc1)C(=O)CN(c1cccc(C)c1)S(=O)(=O)c1ccccc1. The highest BCUT2D eigenvalue weighted by Crippen LogP contribution is 2.25. The number of anilines is 1. The van der Waals surface area contributed by atoms with E-state index in [4.69, 9.17) is 0 Å². The molecule has 3 aromatic rings. The number of halogens is 1. The summed E-state index contributed by atoms with van der Waals surface area (Å²) in [6.45, 7) is 8.63. The second-order valence-electron chi connectivity index (χ2n) is 10.5. The maximum atomic E-state index is 14.0. The predicted molar refractivity (Wildman–Crippen MR) is 151 cm³/mol. The van der Waals surface area contributed by atoms with E-state index in [0.717, 1.165) is 9.87 Å². The highest BCUT2D eigenvalue weighted by Gasteiger charge is 2.34. The largest absolute Gasteiger partial charge is 0.350 e. The van der Waals surface area contributed by atoms with Gasteiger partial charge in [-0.2, -0.15) is 0 Å². The Balaban J connectivity index is 2.06. The summed E-state index contributed by atoms with van der Waals surface area (Å²) in [7, 11) is -4.12. The van der Waals surface area contributed by atoms with Crippen LogP contribution in [0, 0.1) is 12.7 Å². The molecule has 0 saturated heterocycles. The minimum Gasteiger partial charge on any atom is -0.350 e. The molecular weight excluding hydrogens is 517 g/mol. The third-order valence-electron chi connectivity index (χ3n) is 6.05. The van der Waals surface area contributed by atoms with Crippen molar-refractivity contribution >= 4 is 27.5 Å². The molecule has 0 bridgehead atoms. The number of carbonyl (C=O) groups excluding carboxylic acids is 2. The van der Waals surface area contributed by atoms with Gasteiger partial charge in [-0.25, -0.2) is 12.8 Å². The van der Waals surface area contributed by atoms with Gasteiger partial charge in [-0.3, -0.25) is 13.9 Å². The summed E-state index contributed by atoms with van der Waals surface area (Å²) in [5.74, 6) is -1.33. The van der Waals surface area contributed by atoms with Gasteiger partial charge in [0.15, 0.2) is 0 Å². The van der Waals surface area contributed by atoms with E-state index in [1.165, 1.54) is 29.2 Å². The van der Waals surface area contributed by atoms with Crippen molar-refractivity contribution < 1.29 is 22.4 Å². The van der Waals surface area contributed by atoms with Crippen molar-refractivity contribution in [2.45, 2.75) is 64.1 Å². The summed E-state index contributed by atoms with van der Waals surface area (Å²) in [5, 5.41) is 2.92. The molecule has 0 spiro atoms. The molecule has 3 aromatic carbocycles. The first-order valence-electron chi connectivity index (χ1n) is 12.8. The van der Waals surface area contributed by atoms with Gasteiger partial charge in [-0.15, -0.1) is 0 Å². The van der Waals surface area contributed by atoms with Crippen LogP contribution in [0.4, 0.5) is 10.1 Å². The third-order valence-corrected chi connectivity index (χ3v) is 7.84. The number of aryl methyl sites for hydroxylation is 1. The quantitative estimate of drug-likeness (QED) is 0.381. The fraction of sp³-hybridized carbons (Fsp3) is 0.333. The van der Waals surface area contributed by atoms with E-state index in [0.29, 0.717) is 17.7 Å². The molecule has 1 atom stereocenters. The van der Waals surface area contributed by atoms with E-state index in [1.807, 2.05) is 33.8 Å². The van der Waals surface area contributed by atoms with E-state index < -0.39 is 39.9 Å². The molecule has 0 radical (unpaired) electrons. The highest BCUT2D eigenvalue weighted by atomic mass is 32.2. The zero-order valence-electron chi connectivity index (χ0n) is 23.0. The second kappa shape index (κ2) is 12.4. The van der Waals surface area contributed by atoms with Gasteiger partial charge < -0.3 is 10.2 Å². The predicted octanol–water partition coefficient (Wildman–Crippen LogP) is 5.05. The molecule has 2 amide bonds.